The fourth-order valence-corrected chi connectivity index (χ4v) is 6.68. The maximum Gasteiger partial charge on any atom is 0.324 e. The van der Waals surface area contributed by atoms with Crippen molar-refractivity contribution in [3.8, 4) is 17.1 Å². The maximum atomic E-state index is 13.9. The number of nitrogens with one attached hydrogen (secondary N) is 2. The van der Waals surface area contributed by atoms with Gasteiger partial charge in [-0.1, -0.05) is 12.1 Å². The topological polar surface area (TPSA) is 145 Å². The van der Waals surface area contributed by atoms with Gasteiger partial charge in [0.05, 0.1) is 42.4 Å². The summed E-state index contributed by atoms with van der Waals surface area (Å²) in [4.78, 5) is 46.8. The lowest BCUT2D eigenvalue weighted by Crippen LogP contribution is -2.43. The molecule has 3 saturated heterocycles. The fraction of sp³-hybridized carbons (Fsp3) is 0.485. The van der Waals surface area contributed by atoms with Gasteiger partial charge >= 0.3 is 6.03 Å². The van der Waals surface area contributed by atoms with E-state index >= 15 is 0 Å². The highest BCUT2D eigenvalue weighted by Gasteiger charge is 2.39. The molecule has 3 amide bonds. The second kappa shape index (κ2) is 12.0. The zero-order chi connectivity index (χ0) is 32.0. The van der Waals surface area contributed by atoms with Gasteiger partial charge in [0.25, 0.3) is 5.91 Å². The van der Waals surface area contributed by atoms with Gasteiger partial charge in [0.1, 0.15) is 17.0 Å². The van der Waals surface area contributed by atoms with Gasteiger partial charge in [0.15, 0.2) is 0 Å². The van der Waals surface area contributed by atoms with E-state index in [0.29, 0.717) is 67.0 Å². The SMILES string of the molecule is CCN1CC(C)(C)Oc2nc(N3CC4CCC(C3)O4)nc(-c3ccc(NC(=O)Nc4ccc(N5CCC(O)C5)cn4)cc3)c2C1=O. The van der Waals surface area contributed by atoms with Crippen molar-refractivity contribution in [2.75, 3.05) is 59.7 Å². The van der Waals surface area contributed by atoms with Crippen LogP contribution in [0.15, 0.2) is 42.6 Å². The quantitative estimate of drug-likeness (QED) is 0.369. The first-order valence-corrected chi connectivity index (χ1v) is 16.0. The smallest absolute Gasteiger partial charge is 0.324 e. The number of hydrogen-bond acceptors (Lipinski definition) is 10. The zero-order valence-electron chi connectivity index (χ0n) is 26.4. The summed E-state index contributed by atoms with van der Waals surface area (Å²) < 4.78 is 12.5. The summed E-state index contributed by atoms with van der Waals surface area (Å²) in [5, 5.41) is 15.4. The molecule has 3 atom stereocenters. The number of aromatic nitrogens is 3. The van der Waals surface area contributed by atoms with Crippen molar-refractivity contribution >= 4 is 35.1 Å². The van der Waals surface area contributed by atoms with Crippen LogP contribution in [0.3, 0.4) is 0 Å². The van der Waals surface area contributed by atoms with E-state index in [1.165, 1.54) is 0 Å². The number of hydrogen-bond donors (Lipinski definition) is 3. The summed E-state index contributed by atoms with van der Waals surface area (Å²) in [6, 6.07) is 10.4. The van der Waals surface area contributed by atoms with Crippen LogP contribution >= 0.6 is 0 Å². The minimum absolute atomic E-state index is 0.142. The number of morpholine rings is 1. The first kappa shape index (κ1) is 30.2. The second-order valence-corrected chi connectivity index (χ2v) is 13.0. The van der Waals surface area contributed by atoms with E-state index in [2.05, 4.69) is 25.4 Å². The van der Waals surface area contributed by atoms with Crippen molar-refractivity contribution in [1.29, 1.82) is 0 Å². The Balaban J connectivity index is 1.13. The van der Waals surface area contributed by atoms with E-state index in [9.17, 15) is 14.7 Å². The normalized spacial score (nSPS) is 23.5. The highest BCUT2D eigenvalue weighted by atomic mass is 16.5. The van der Waals surface area contributed by atoms with Gasteiger partial charge in [-0.2, -0.15) is 4.98 Å². The van der Waals surface area contributed by atoms with Gasteiger partial charge in [-0.05, 0) is 64.3 Å². The number of nitrogens with zero attached hydrogens (tertiary/aromatic N) is 6. The molecule has 242 valence electrons. The Morgan fingerprint density at radius 3 is 2.41 bits per heavy atom. The summed E-state index contributed by atoms with van der Waals surface area (Å²) in [6.07, 6.45) is 4.41. The second-order valence-electron chi connectivity index (χ2n) is 13.0. The van der Waals surface area contributed by atoms with E-state index in [4.69, 9.17) is 19.4 Å². The molecule has 1 aromatic carbocycles. The fourth-order valence-electron chi connectivity index (χ4n) is 6.68. The third kappa shape index (κ3) is 6.16. The van der Waals surface area contributed by atoms with Gasteiger partial charge in [-0.15, -0.1) is 0 Å². The third-order valence-electron chi connectivity index (χ3n) is 8.95. The van der Waals surface area contributed by atoms with Crippen molar-refractivity contribution in [3.05, 3.63) is 48.2 Å². The lowest BCUT2D eigenvalue weighted by Gasteiger charge is -2.33. The molecule has 4 aliphatic rings. The van der Waals surface area contributed by atoms with Crippen LogP contribution < -0.4 is 25.2 Å². The van der Waals surface area contributed by atoms with Gasteiger partial charge in [0.2, 0.25) is 11.8 Å². The number of amides is 3. The number of fused-ring (bicyclic) bond motifs is 3. The molecule has 2 bridgehead atoms. The van der Waals surface area contributed by atoms with Crippen molar-refractivity contribution in [1.82, 2.24) is 19.9 Å². The molecule has 4 aliphatic heterocycles. The minimum atomic E-state index is -0.642. The van der Waals surface area contributed by atoms with Crippen LogP contribution in [0.4, 0.5) is 27.9 Å². The molecule has 3 fully saturated rings. The van der Waals surface area contributed by atoms with E-state index in [1.54, 1.807) is 29.3 Å². The van der Waals surface area contributed by atoms with E-state index in [0.717, 1.165) is 31.5 Å². The molecule has 0 spiro atoms. The molecule has 3 aromatic rings. The van der Waals surface area contributed by atoms with Crippen LogP contribution in [0.5, 0.6) is 5.88 Å². The first-order chi connectivity index (χ1) is 22.1. The summed E-state index contributed by atoms with van der Waals surface area (Å²) in [5.74, 6) is 1.04. The molecule has 0 saturated carbocycles. The van der Waals surface area contributed by atoms with Crippen LogP contribution in [-0.4, -0.2) is 100 Å². The molecule has 13 heteroatoms. The molecule has 0 radical (unpaired) electrons. The lowest BCUT2D eigenvalue weighted by molar-refractivity contribution is 0.0297. The standard InChI is InChI=1S/C33H40N8O5/c1-4-39-19-33(2,3)46-29-27(30(39)43)28(37-31(38-29)41-17-24-10-11-25(18-41)45-24)20-5-7-21(8-6-20)35-32(44)36-26-12-9-22(15-34-26)40-14-13-23(42)16-40/h5-9,12,15,23-25,42H,4,10-11,13-14,16-19H2,1-3H3,(H2,34,35,36,44). The van der Waals surface area contributed by atoms with Crippen LogP contribution in [-0.2, 0) is 4.74 Å². The van der Waals surface area contributed by atoms with Crippen molar-refractivity contribution < 1.29 is 24.2 Å². The predicted molar refractivity (Wildman–Crippen MR) is 174 cm³/mol. The lowest BCUT2D eigenvalue weighted by atomic mass is 10.0. The Labute approximate surface area is 267 Å². The average molecular weight is 629 g/mol. The van der Waals surface area contributed by atoms with Crippen molar-refractivity contribution in [3.63, 3.8) is 0 Å². The molecule has 7 rings (SSSR count). The summed E-state index contributed by atoms with van der Waals surface area (Å²) in [7, 11) is 0. The van der Waals surface area contributed by atoms with Crippen LogP contribution in [0.1, 0.15) is 50.4 Å². The van der Waals surface area contributed by atoms with Crippen LogP contribution in [0, 0.1) is 0 Å². The predicted octanol–water partition coefficient (Wildman–Crippen LogP) is 3.75. The molecule has 0 aliphatic carbocycles. The Hall–Kier alpha value is -4.49. The number of aliphatic hydroxyl groups excluding tert-OH is 1. The number of pyridine rings is 1. The van der Waals surface area contributed by atoms with E-state index < -0.39 is 11.6 Å². The van der Waals surface area contributed by atoms with Crippen LogP contribution in [0.25, 0.3) is 11.3 Å². The monoisotopic (exact) mass is 628 g/mol. The largest absolute Gasteiger partial charge is 0.469 e. The average Bonchev–Trinajstić information content (AvgIpc) is 3.60. The van der Waals surface area contributed by atoms with Crippen LogP contribution in [0.2, 0.25) is 0 Å². The maximum absolute atomic E-state index is 13.9. The number of β-amino-alcohol motifs (C(OH)–C–C–N with tert-alkyl or cyclic N) is 1. The molecule has 13 nitrogen and oxygen atoms in total. The third-order valence-corrected chi connectivity index (χ3v) is 8.95. The zero-order valence-corrected chi connectivity index (χ0v) is 26.4. The number of anilines is 4. The molecule has 46 heavy (non-hydrogen) atoms. The number of benzene rings is 1. The molecule has 6 heterocycles. The highest BCUT2D eigenvalue weighted by Crippen LogP contribution is 2.37. The number of carbonyl (C=O) groups excluding carboxylic acids is 2. The molecular weight excluding hydrogens is 588 g/mol. The van der Waals surface area contributed by atoms with Gasteiger partial charge < -0.3 is 34.6 Å². The van der Waals surface area contributed by atoms with Crippen molar-refractivity contribution in [2.24, 2.45) is 0 Å². The van der Waals surface area contributed by atoms with E-state index in [-0.39, 0.29) is 30.1 Å². The minimum Gasteiger partial charge on any atom is -0.469 e. The number of carbonyl (C=O) groups is 2. The Morgan fingerprint density at radius 1 is 1.00 bits per heavy atom. The molecule has 3 unspecified atom stereocenters. The Morgan fingerprint density at radius 2 is 1.76 bits per heavy atom. The van der Waals surface area contributed by atoms with E-state index in [1.807, 2.05) is 39.0 Å². The number of likely N-dealkylation sites (N-methyl/N-ethyl adjacent to an activating group) is 1. The van der Waals surface area contributed by atoms with Gasteiger partial charge in [-0.25, -0.2) is 14.8 Å². The summed E-state index contributed by atoms with van der Waals surface area (Å²) >= 11 is 0. The Bertz CT molecular complexity index is 1600. The summed E-state index contributed by atoms with van der Waals surface area (Å²) in [5.41, 5.74) is 2.36. The summed E-state index contributed by atoms with van der Waals surface area (Å²) in [6.45, 7) is 9.54. The number of aliphatic hydroxyl groups is 1. The number of ether oxygens (including phenoxy) is 2. The Kier molecular flexibility index (Phi) is 7.89. The number of rotatable bonds is 6. The first-order valence-electron chi connectivity index (χ1n) is 16.0. The molecule has 3 N–H and O–H groups in total. The highest BCUT2D eigenvalue weighted by molar-refractivity contribution is 6.03. The van der Waals surface area contributed by atoms with Crippen molar-refractivity contribution in [2.45, 2.75) is 63.9 Å². The van der Waals surface area contributed by atoms with Gasteiger partial charge in [0, 0.05) is 44.0 Å². The number of urea groups is 1. The molecule has 2 aromatic heterocycles. The van der Waals surface area contributed by atoms with Gasteiger partial charge in [-0.3, -0.25) is 10.1 Å². The molecular formula is C33H40N8O5.